The highest BCUT2D eigenvalue weighted by molar-refractivity contribution is 7.80. The molecule has 2 heterocycles. The number of hydrogen-bond donors (Lipinski definition) is 0. The Labute approximate surface area is 195 Å². The quantitative estimate of drug-likeness (QED) is 0.327. The minimum Gasteiger partial charge on any atom is -0.292 e. The van der Waals surface area contributed by atoms with Crippen molar-refractivity contribution < 1.29 is 9.18 Å². The molecule has 1 amide bonds. The van der Waals surface area contributed by atoms with Crippen molar-refractivity contribution >= 4 is 34.7 Å². The molecule has 0 saturated heterocycles. The third-order valence-corrected chi connectivity index (χ3v) is 6.10. The summed E-state index contributed by atoms with van der Waals surface area (Å²) >= 11 is 11.7. The number of halogens is 2. The highest BCUT2D eigenvalue weighted by atomic mass is 35.5. The third kappa shape index (κ3) is 3.70. The Morgan fingerprint density at radius 3 is 2.31 bits per heavy atom. The first-order valence-corrected chi connectivity index (χ1v) is 10.8. The lowest BCUT2D eigenvalue weighted by Gasteiger charge is -2.16. The molecule has 0 fully saturated rings. The second-order valence-corrected chi connectivity index (χ2v) is 8.28. The second-order valence-electron chi connectivity index (χ2n) is 7.45. The van der Waals surface area contributed by atoms with Crippen molar-refractivity contribution in [1.82, 2.24) is 9.88 Å². The third-order valence-electron chi connectivity index (χ3n) is 5.42. The van der Waals surface area contributed by atoms with Crippen LogP contribution in [0.4, 0.5) is 4.39 Å². The van der Waals surface area contributed by atoms with Gasteiger partial charge in [-0.15, -0.1) is 0 Å². The molecular formula is C26H16ClFN2OS. The smallest absolute Gasteiger partial charge is 0.259 e. The molecule has 3 aromatic carbocycles. The standard InChI is InChI=1S/C26H16ClFN2OS/c27-19-10-6-18(7-11-19)25(31)30-15-23-24(26(30)32)21(16-4-2-1-3-5-16)14-22(29-23)17-8-12-20(28)13-9-17/h1-14H,15H2. The Morgan fingerprint density at radius 1 is 0.938 bits per heavy atom. The number of rotatable bonds is 3. The van der Waals surface area contributed by atoms with Crippen molar-refractivity contribution in [2.75, 3.05) is 0 Å². The van der Waals surface area contributed by atoms with E-state index in [0.717, 1.165) is 27.9 Å². The van der Waals surface area contributed by atoms with Gasteiger partial charge < -0.3 is 0 Å². The van der Waals surface area contributed by atoms with Crippen LogP contribution in [0.25, 0.3) is 22.4 Å². The van der Waals surface area contributed by atoms with Gasteiger partial charge in [0, 0.05) is 21.7 Å². The summed E-state index contributed by atoms with van der Waals surface area (Å²) in [4.78, 5) is 20.0. The monoisotopic (exact) mass is 458 g/mol. The lowest BCUT2D eigenvalue weighted by molar-refractivity contribution is 0.0848. The van der Waals surface area contributed by atoms with Crippen molar-refractivity contribution in [3.05, 3.63) is 113 Å². The molecule has 1 aliphatic rings. The van der Waals surface area contributed by atoms with Gasteiger partial charge in [0.2, 0.25) is 0 Å². The summed E-state index contributed by atoms with van der Waals surface area (Å²) in [7, 11) is 0. The van der Waals surface area contributed by atoms with Gasteiger partial charge in [0.1, 0.15) is 10.8 Å². The molecule has 0 atom stereocenters. The van der Waals surface area contributed by atoms with E-state index in [2.05, 4.69) is 0 Å². The van der Waals surface area contributed by atoms with Crippen LogP contribution in [0.1, 0.15) is 21.6 Å². The molecule has 0 unspecified atom stereocenters. The molecule has 156 valence electrons. The summed E-state index contributed by atoms with van der Waals surface area (Å²) in [6, 6.07) is 24.7. The zero-order valence-corrected chi connectivity index (χ0v) is 18.3. The van der Waals surface area contributed by atoms with E-state index in [1.807, 2.05) is 36.4 Å². The Hall–Kier alpha value is -3.41. The Morgan fingerprint density at radius 2 is 1.62 bits per heavy atom. The molecule has 5 rings (SSSR count). The minimum absolute atomic E-state index is 0.202. The van der Waals surface area contributed by atoms with Crippen LogP contribution in [0.15, 0.2) is 84.9 Å². The molecule has 1 aliphatic heterocycles. The SMILES string of the molecule is O=C(c1ccc(Cl)cc1)N1Cc2nc(-c3ccc(F)cc3)cc(-c3ccccc3)c2C1=S. The van der Waals surface area contributed by atoms with E-state index >= 15 is 0 Å². The van der Waals surface area contributed by atoms with Gasteiger partial charge in [-0.2, -0.15) is 0 Å². The normalized spacial score (nSPS) is 12.7. The number of amides is 1. The number of thiocarbonyl (C=S) groups is 1. The molecule has 1 aromatic heterocycles. The van der Waals surface area contributed by atoms with E-state index in [1.165, 1.54) is 12.1 Å². The summed E-state index contributed by atoms with van der Waals surface area (Å²) in [6.07, 6.45) is 0. The van der Waals surface area contributed by atoms with E-state index in [4.69, 9.17) is 28.8 Å². The van der Waals surface area contributed by atoms with Gasteiger partial charge >= 0.3 is 0 Å². The topological polar surface area (TPSA) is 33.2 Å². The number of carbonyl (C=O) groups is 1. The van der Waals surface area contributed by atoms with Gasteiger partial charge in [-0.3, -0.25) is 14.7 Å². The summed E-state index contributed by atoms with van der Waals surface area (Å²) in [5, 5.41) is 0.561. The van der Waals surface area contributed by atoms with Crippen LogP contribution in [-0.2, 0) is 6.54 Å². The summed E-state index contributed by atoms with van der Waals surface area (Å²) < 4.78 is 13.5. The molecule has 0 aliphatic carbocycles. The average molecular weight is 459 g/mol. The van der Waals surface area contributed by atoms with Crippen LogP contribution >= 0.6 is 23.8 Å². The number of pyridine rings is 1. The van der Waals surface area contributed by atoms with Crippen LogP contribution in [0.3, 0.4) is 0 Å². The fourth-order valence-corrected chi connectivity index (χ4v) is 4.33. The average Bonchev–Trinajstić information content (AvgIpc) is 3.16. The largest absolute Gasteiger partial charge is 0.292 e. The predicted molar refractivity (Wildman–Crippen MR) is 128 cm³/mol. The van der Waals surface area contributed by atoms with Crippen LogP contribution < -0.4 is 0 Å². The maximum Gasteiger partial charge on any atom is 0.259 e. The minimum atomic E-state index is -0.306. The maximum absolute atomic E-state index is 13.5. The molecule has 3 nitrogen and oxygen atoms in total. The zero-order valence-electron chi connectivity index (χ0n) is 16.8. The van der Waals surface area contributed by atoms with E-state index in [9.17, 15) is 9.18 Å². The molecule has 0 bridgehead atoms. The van der Waals surface area contributed by atoms with E-state index in [1.54, 1.807) is 41.3 Å². The van der Waals surface area contributed by atoms with Crippen LogP contribution in [-0.4, -0.2) is 20.8 Å². The van der Waals surface area contributed by atoms with Gasteiger partial charge in [-0.1, -0.05) is 54.2 Å². The van der Waals surface area contributed by atoms with E-state index in [-0.39, 0.29) is 18.3 Å². The molecular weight excluding hydrogens is 443 g/mol. The van der Waals surface area contributed by atoms with Gasteiger partial charge in [0.05, 0.1) is 17.9 Å². The number of fused-ring (bicyclic) bond motifs is 1. The van der Waals surface area contributed by atoms with Gasteiger partial charge in [-0.25, -0.2) is 4.39 Å². The second kappa shape index (κ2) is 8.26. The van der Waals surface area contributed by atoms with Crippen molar-refractivity contribution in [3.8, 4) is 22.4 Å². The van der Waals surface area contributed by atoms with E-state index < -0.39 is 0 Å². The lowest BCUT2D eigenvalue weighted by Crippen LogP contribution is -2.30. The Bertz CT molecular complexity index is 1340. The molecule has 0 spiro atoms. The molecule has 6 heteroatoms. The molecule has 4 aromatic rings. The highest BCUT2D eigenvalue weighted by Crippen LogP contribution is 2.36. The van der Waals surface area contributed by atoms with Crippen LogP contribution in [0, 0.1) is 5.82 Å². The summed E-state index contributed by atoms with van der Waals surface area (Å²) in [5.74, 6) is -0.508. The first kappa shape index (κ1) is 20.5. The molecule has 0 radical (unpaired) electrons. The first-order chi connectivity index (χ1) is 15.5. The predicted octanol–water partition coefficient (Wildman–Crippen LogP) is 6.54. The van der Waals surface area contributed by atoms with Gasteiger partial charge in [0.25, 0.3) is 5.91 Å². The highest BCUT2D eigenvalue weighted by Gasteiger charge is 2.33. The zero-order chi connectivity index (χ0) is 22.2. The summed E-state index contributed by atoms with van der Waals surface area (Å²) in [5.41, 5.74) is 5.36. The fourth-order valence-electron chi connectivity index (χ4n) is 3.83. The number of aromatic nitrogens is 1. The van der Waals surface area contributed by atoms with Crippen molar-refractivity contribution in [1.29, 1.82) is 0 Å². The fraction of sp³-hybridized carbons (Fsp3) is 0.0385. The molecule has 32 heavy (non-hydrogen) atoms. The number of nitrogens with zero attached hydrogens (tertiary/aromatic N) is 2. The first-order valence-electron chi connectivity index (χ1n) is 9.98. The Kier molecular flexibility index (Phi) is 5.29. The molecule has 0 N–H and O–H groups in total. The summed E-state index contributed by atoms with van der Waals surface area (Å²) in [6.45, 7) is 0.268. The van der Waals surface area contributed by atoms with Crippen LogP contribution in [0.2, 0.25) is 5.02 Å². The Balaban J connectivity index is 1.62. The lowest BCUT2D eigenvalue weighted by atomic mass is 9.97. The van der Waals surface area contributed by atoms with Gasteiger partial charge in [-0.05, 0) is 65.7 Å². The number of hydrogen-bond acceptors (Lipinski definition) is 3. The van der Waals surface area contributed by atoms with E-state index in [0.29, 0.717) is 21.3 Å². The van der Waals surface area contributed by atoms with Crippen molar-refractivity contribution in [2.24, 2.45) is 0 Å². The maximum atomic E-state index is 13.5. The molecule has 0 saturated carbocycles. The number of carbonyl (C=O) groups excluding carboxylic acids is 1. The van der Waals surface area contributed by atoms with Crippen molar-refractivity contribution in [3.63, 3.8) is 0 Å². The van der Waals surface area contributed by atoms with Crippen molar-refractivity contribution in [2.45, 2.75) is 6.54 Å². The van der Waals surface area contributed by atoms with Gasteiger partial charge in [0.15, 0.2) is 0 Å². The number of benzene rings is 3. The van der Waals surface area contributed by atoms with Crippen LogP contribution in [0.5, 0.6) is 0 Å².